The third-order valence-electron chi connectivity index (χ3n) is 3.60. The number of halogens is 2. The quantitative estimate of drug-likeness (QED) is 0.553. The molecule has 2 rings (SSSR count). The van der Waals surface area contributed by atoms with Crippen molar-refractivity contribution in [1.82, 2.24) is 5.32 Å². The maximum absolute atomic E-state index is 12.2. The molecule has 0 aliphatic rings. The highest BCUT2D eigenvalue weighted by atomic mass is 35.5. The molecule has 26 heavy (non-hydrogen) atoms. The number of hydrogen-bond acceptors (Lipinski definition) is 4. The lowest BCUT2D eigenvalue weighted by Crippen LogP contribution is -2.46. The Morgan fingerprint density at radius 2 is 1.92 bits per heavy atom. The van der Waals surface area contributed by atoms with Gasteiger partial charge in [0.05, 0.1) is 11.3 Å². The predicted octanol–water partition coefficient (Wildman–Crippen LogP) is 2.66. The molecule has 0 fully saturated rings. The van der Waals surface area contributed by atoms with Crippen LogP contribution in [0.3, 0.4) is 0 Å². The van der Waals surface area contributed by atoms with Crippen LogP contribution >= 0.6 is 23.2 Å². The third-order valence-corrected chi connectivity index (χ3v) is 4.19. The molecular formula is C17H15Cl2N3O4. The number of benzene rings is 2. The average molecular weight is 396 g/mol. The molecule has 0 radical (unpaired) electrons. The second kappa shape index (κ2) is 8.64. The Bertz CT molecular complexity index is 858. The highest BCUT2D eigenvalue weighted by Gasteiger charge is 2.20. The molecule has 0 saturated heterocycles. The first-order valence-electron chi connectivity index (χ1n) is 7.52. The van der Waals surface area contributed by atoms with Gasteiger partial charge >= 0.3 is 0 Å². The lowest BCUT2D eigenvalue weighted by molar-refractivity contribution is -0.384. The fourth-order valence-electron chi connectivity index (χ4n) is 2.34. The van der Waals surface area contributed by atoms with Crippen LogP contribution < -0.4 is 11.1 Å². The van der Waals surface area contributed by atoms with Crippen LogP contribution in [0.1, 0.15) is 11.1 Å². The van der Waals surface area contributed by atoms with E-state index in [4.69, 9.17) is 28.9 Å². The van der Waals surface area contributed by atoms with Gasteiger partial charge in [0.15, 0.2) is 0 Å². The summed E-state index contributed by atoms with van der Waals surface area (Å²) in [6.07, 6.45) is -0.0220. The first-order valence-corrected chi connectivity index (χ1v) is 8.28. The molecule has 3 N–H and O–H groups in total. The van der Waals surface area contributed by atoms with Gasteiger partial charge in [0.1, 0.15) is 6.04 Å². The molecule has 0 bridgehead atoms. The van der Waals surface area contributed by atoms with Crippen molar-refractivity contribution in [1.29, 1.82) is 0 Å². The van der Waals surface area contributed by atoms with Crippen molar-refractivity contribution in [2.24, 2.45) is 5.73 Å². The summed E-state index contributed by atoms with van der Waals surface area (Å²) in [5.41, 5.74) is 6.30. The number of rotatable bonds is 7. The van der Waals surface area contributed by atoms with E-state index in [0.717, 1.165) is 0 Å². The van der Waals surface area contributed by atoms with Gasteiger partial charge in [0, 0.05) is 28.6 Å². The Kier molecular flexibility index (Phi) is 6.54. The zero-order chi connectivity index (χ0) is 19.3. The van der Waals surface area contributed by atoms with E-state index in [9.17, 15) is 19.7 Å². The van der Waals surface area contributed by atoms with Crippen molar-refractivity contribution in [3.05, 3.63) is 73.8 Å². The second-order valence-corrected chi connectivity index (χ2v) is 6.41. The van der Waals surface area contributed by atoms with Crippen LogP contribution in [0.25, 0.3) is 0 Å². The third kappa shape index (κ3) is 5.44. The highest BCUT2D eigenvalue weighted by Crippen LogP contribution is 2.22. The van der Waals surface area contributed by atoms with Gasteiger partial charge in [0.2, 0.25) is 11.8 Å². The van der Waals surface area contributed by atoms with Gasteiger partial charge in [-0.2, -0.15) is 0 Å². The van der Waals surface area contributed by atoms with Gasteiger partial charge in [-0.1, -0.05) is 41.4 Å². The van der Waals surface area contributed by atoms with Gasteiger partial charge in [-0.15, -0.1) is 0 Å². The van der Waals surface area contributed by atoms with Crippen LogP contribution in [0, 0.1) is 10.1 Å². The number of nitro benzene ring substituents is 1. The Morgan fingerprint density at radius 1 is 1.19 bits per heavy atom. The van der Waals surface area contributed by atoms with Crippen LogP contribution in [0.5, 0.6) is 0 Å². The van der Waals surface area contributed by atoms with Crippen LogP contribution in [0.4, 0.5) is 5.69 Å². The SMILES string of the molecule is NC(=O)[C@H](Cc1ccc(Cl)cc1Cl)NC(=O)Cc1cccc([N+](=O)[O-])c1. The van der Waals surface area contributed by atoms with E-state index in [-0.39, 0.29) is 18.5 Å². The van der Waals surface area contributed by atoms with Crippen LogP contribution in [0.2, 0.25) is 10.0 Å². The molecule has 0 unspecified atom stereocenters. The van der Waals surface area contributed by atoms with E-state index in [1.807, 2.05) is 0 Å². The molecule has 136 valence electrons. The molecule has 7 nitrogen and oxygen atoms in total. The summed E-state index contributed by atoms with van der Waals surface area (Å²) in [5.74, 6) is -1.21. The molecule has 2 aromatic rings. The first kappa shape index (κ1) is 19.7. The van der Waals surface area contributed by atoms with E-state index < -0.39 is 22.8 Å². The Morgan fingerprint density at radius 3 is 2.54 bits per heavy atom. The van der Waals surface area contributed by atoms with Crippen LogP contribution in [-0.4, -0.2) is 22.8 Å². The largest absolute Gasteiger partial charge is 0.368 e. The monoisotopic (exact) mass is 395 g/mol. The van der Waals surface area contributed by atoms with Gasteiger partial charge in [-0.05, 0) is 23.3 Å². The molecule has 0 heterocycles. The van der Waals surface area contributed by atoms with E-state index in [1.54, 1.807) is 18.2 Å². The number of primary amides is 1. The maximum atomic E-state index is 12.2. The molecule has 0 aliphatic heterocycles. The van der Waals surface area contributed by atoms with E-state index in [0.29, 0.717) is 21.2 Å². The van der Waals surface area contributed by atoms with Crippen molar-refractivity contribution in [2.45, 2.75) is 18.9 Å². The van der Waals surface area contributed by atoms with Gasteiger partial charge < -0.3 is 11.1 Å². The van der Waals surface area contributed by atoms with Crippen molar-refractivity contribution in [2.75, 3.05) is 0 Å². The number of nitrogens with two attached hydrogens (primary N) is 1. The fraction of sp³-hybridized carbons (Fsp3) is 0.176. The van der Waals surface area contributed by atoms with Crippen molar-refractivity contribution in [3.8, 4) is 0 Å². The molecule has 9 heteroatoms. The first-order chi connectivity index (χ1) is 12.3. The van der Waals surface area contributed by atoms with Crippen molar-refractivity contribution < 1.29 is 14.5 Å². The number of carbonyl (C=O) groups excluding carboxylic acids is 2. The van der Waals surface area contributed by atoms with Crippen LogP contribution in [0.15, 0.2) is 42.5 Å². The summed E-state index contributed by atoms with van der Waals surface area (Å²) in [7, 11) is 0. The fourth-order valence-corrected chi connectivity index (χ4v) is 2.83. The second-order valence-electron chi connectivity index (χ2n) is 5.57. The molecular weight excluding hydrogens is 381 g/mol. The van der Waals surface area contributed by atoms with Crippen molar-refractivity contribution in [3.63, 3.8) is 0 Å². The predicted molar refractivity (Wildman–Crippen MR) is 98.1 cm³/mol. The normalized spacial score (nSPS) is 11.6. The molecule has 2 aromatic carbocycles. The number of carbonyl (C=O) groups is 2. The number of amides is 2. The zero-order valence-corrected chi connectivity index (χ0v) is 15.0. The number of hydrogen-bond donors (Lipinski definition) is 2. The van der Waals surface area contributed by atoms with Crippen molar-refractivity contribution >= 4 is 40.7 Å². The molecule has 1 atom stereocenters. The smallest absolute Gasteiger partial charge is 0.269 e. The van der Waals surface area contributed by atoms with Crippen LogP contribution in [-0.2, 0) is 22.4 Å². The Balaban J connectivity index is 2.07. The van der Waals surface area contributed by atoms with Gasteiger partial charge in [-0.3, -0.25) is 19.7 Å². The molecule has 0 aromatic heterocycles. The minimum atomic E-state index is -0.972. The number of nitro groups is 1. The summed E-state index contributed by atoms with van der Waals surface area (Å²) < 4.78 is 0. The number of non-ortho nitro benzene ring substituents is 1. The molecule has 0 spiro atoms. The summed E-state index contributed by atoms with van der Waals surface area (Å²) >= 11 is 11.9. The number of nitrogens with zero attached hydrogens (tertiary/aromatic N) is 1. The standard InChI is InChI=1S/C17H15Cl2N3O4/c18-12-5-4-11(14(19)9-12)8-15(17(20)24)21-16(23)7-10-2-1-3-13(6-10)22(25)26/h1-6,9,15H,7-8H2,(H2,20,24)(H,21,23)/t15-/m0/s1. The zero-order valence-electron chi connectivity index (χ0n) is 13.4. The Hall–Kier alpha value is -2.64. The summed E-state index contributed by atoms with van der Waals surface area (Å²) in [6.45, 7) is 0. The van der Waals surface area contributed by atoms with E-state index in [1.165, 1.54) is 24.3 Å². The average Bonchev–Trinajstić information content (AvgIpc) is 2.56. The minimum absolute atomic E-state index is 0.103. The maximum Gasteiger partial charge on any atom is 0.269 e. The minimum Gasteiger partial charge on any atom is -0.368 e. The molecule has 0 saturated carbocycles. The summed E-state index contributed by atoms with van der Waals surface area (Å²) in [6, 6.07) is 9.52. The lowest BCUT2D eigenvalue weighted by Gasteiger charge is -2.16. The van der Waals surface area contributed by atoms with E-state index in [2.05, 4.69) is 5.32 Å². The topological polar surface area (TPSA) is 115 Å². The summed E-state index contributed by atoms with van der Waals surface area (Å²) in [5, 5.41) is 14.1. The molecule has 2 amide bonds. The van der Waals surface area contributed by atoms with Gasteiger partial charge in [0.25, 0.3) is 5.69 Å². The highest BCUT2D eigenvalue weighted by molar-refractivity contribution is 6.35. The van der Waals surface area contributed by atoms with Gasteiger partial charge in [-0.25, -0.2) is 0 Å². The lowest BCUT2D eigenvalue weighted by atomic mass is 10.0. The molecule has 0 aliphatic carbocycles. The number of nitrogens with one attached hydrogen (secondary N) is 1. The summed E-state index contributed by atoms with van der Waals surface area (Å²) in [4.78, 5) is 34.1. The van der Waals surface area contributed by atoms with E-state index >= 15 is 0 Å². The Labute approximate surface area is 159 Å².